The van der Waals surface area contributed by atoms with E-state index < -0.39 is 0 Å². The lowest BCUT2D eigenvalue weighted by molar-refractivity contribution is 0.0950. The van der Waals surface area contributed by atoms with Crippen molar-refractivity contribution in [1.82, 2.24) is 25.0 Å². The molecule has 176 valence electrons. The summed E-state index contributed by atoms with van der Waals surface area (Å²) in [7, 11) is 2.10. The number of anilines is 1. The standard InChI is InChI=1S/C27H26N6O2/c1-32-11-10-20-8-9-24(13-23(20)16-32)31-27(35)21-5-2-4-19(12-21)15-28-26(34)22-6-3-7-25(14-22)33-17-29-30-18-33/h2-9,12-14,17-18H,10-11,15-16H2,1H3,(H,28,34)(H,31,35). The third-order valence-electron chi connectivity index (χ3n) is 6.13. The summed E-state index contributed by atoms with van der Waals surface area (Å²) in [6.07, 6.45) is 4.19. The molecule has 0 atom stereocenters. The molecule has 35 heavy (non-hydrogen) atoms. The van der Waals surface area contributed by atoms with Crippen molar-refractivity contribution in [2.45, 2.75) is 19.5 Å². The number of aromatic nitrogens is 3. The summed E-state index contributed by atoms with van der Waals surface area (Å²) < 4.78 is 1.74. The first-order chi connectivity index (χ1) is 17.0. The molecular formula is C27H26N6O2. The van der Waals surface area contributed by atoms with Crippen LogP contribution in [0, 0.1) is 0 Å². The first kappa shape index (κ1) is 22.5. The van der Waals surface area contributed by atoms with Crippen molar-refractivity contribution in [3.8, 4) is 5.69 Å². The van der Waals surface area contributed by atoms with Crippen LogP contribution in [0.4, 0.5) is 5.69 Å². The molecule has 0 unspecified atom stereocenters. The number of amides is 2. The van der Waals surface area contributed by atoms with Crippen molar-refractivity contribution >= 4 is 17.5 Å². The molecule has 0 bridgehead atoms. The van der Waals surface area contributed by atoms with Gasteiger partial charge >= 0.3 is 0 Å². The van der Waals surface area contributed by atoms with Gasteiger partial charge in [-0.2, -0.15) is 0 Å². The molecule has 0 saturated heterocycles. The van der Waals surface area contributed by atoms with Crippen LogP contribution in [-0.4, -0.2) is 45.1 Å². The van der Waals surface area contributed by atoms with E-state index >= 15 is 0 Å². The number of carbonyl (C=O) groups excluding carboxylic acids is 2. The molecule has 1 aromatic heterocycles. The zero-order chi connectivity index (χ0) is 24.2. The van der Waals surface area contributed by atoms with Gasteiger partial charge in [0.1, 0.15) is 12.7 Å². The molecule has 5 rings (SSSR count). The lowest BCUT2D eigenvalue weighted by atomic mass is 9.99. The number of hydrogen-bond donors (Lipinski definition) is 2. The second-order valence-electron chi connectivity index (χ2n) is 8.73. The topological polar surface area (TPSA) is 92.2 Å². The number of hydrogen-bond acceptors (Lipinski definition) is 5. The molecular weight excluding hydrogens is 440 g/mol. The van der Waals surface area contributed by atoms with Crippen molar-refractivity contribution in [3.63, 3.8) is 0 Å². The van der Waals surface area contributed by atoms with Gasteiger partial charge in [0.05, 0.1) is 0 Å². The number of fused-ring (bicyclic) bond motifs is 1. The molecule has 0 fully saturated rings. The number of nitrogens with one attached hydrogen (secondary N) is 2. The third kappa shape index (κ3) is 5.28. The van der Waals surface area contributed by atoms with E-state index in [4.69, 9.17) is 0 Å². The van der Waals surface area contributed by atoms with Crippen molar-refractivity contribution in [2.75, 3.05) is 18.9 Å². The number of carbonyl (C=O) groups is 2. The number of likely N-dealkylation sites (N-methyl/N-ethyl adjacent to an activating group) is 1. The molecule has 4 aromatic rings. The van der Waals surface area contributed by atoms with Crippen LogP contribution in [0.1, 0.15) is 37.4 Å². The zero-order valence-electron chi connectivity index (χ0n) is 19.4. The van der Waals surface area contributed by atoms with E-state index in [9.17, 15) is 9.59 Å². The molecule has 0 aliphatic carbocycles. The van der Waals surface area contributed by atoms with Crippen LogP contribution in [0.2, 0.25) is 0 Å². The van der Waals surface area contributed by atoms with E-state index in [2.05, 4.69) is 44.9 Å². The minimum atomic E-state index is -0.200. The van der Waals surface area contributed by atoms with Gasteiger partial charge in [0, 0.05) is 42.1 Å². The maximum atomic E-state index is 12.9. The molecule has 1 aliphatic heterocycles. The monoisotopic (exact) mass is 466 g/mol. The van der Waals surface area contributed by atoms with Crippen molar-refractivity contribution in [2.24, 2.45) is 0 Å². The second kappa shape index (κ2) is 9.90. The van der Waals surface area contributed by atoms with E-state index in [-0.39, 0.29) is 11.8 Å². The van der Waals surface area contributed by atoms with Crippen LogP contribution < -0.4 is 10.6 Å². The van der Waals surface area contributed by atoms with Crippen LogP contribution in [0.15, 0.2) is 79.4 Å². The van der Waals surface area contributed by atoms with Gasteiger partial charge in [0.25, 0.3) is 11.8 Å². The Morgan fingerprint density at radius 1 is 0.886 bits per heavy atom. The van der Waals surface area contributed by atoms with Crippen molar-refractivity contribution < 1.29 is 9.59 Å². The summed E-state index contributed by atoms with van der Waals surface area (Å²) in [6.45, 7) is 2.24. The number of rotatable bonds is 6. The molecule has 2 N–H and O–H groups in total. The van der Waals surface area contributed by atoms with Crippen LogP contribution in [-0.2, 0) is 19.5 Å². The van der Waals surface area contributed by atoms with E-state index in [1.165, 1.54) is 11.1 Å². The summed E-state index contributed by atoms with van der Waals surface area (Å²) in [5, 5.41) is 13.5. The summed E-state index contributed by atoms with van der Waals surface area (Å²) in [5.41, 5.74) is 6.09. The Labute approximate surface area is 203 Å². The summed E-state index contributed by atoms with van der Waals surface area (Å²) in [6, 6.07) is 20.6. The highest BCUT2D eigenvalue weighted by Crippen LogP contribution is 2.22. The molecule has 3 aromatic carbocycles. The van der Waals surface area contributed by atoms with Crippen molar-refractivity contribution in [3.05, 3.63) is 107 Å². The van der Waals surface area contributed by atoms with Crippen LogP contribution in [0.5, 0.6) is 0 Å². The maximum Gasteiger partial charge on any atom is 0.255 e. The Hall–Kier alpha value is -4.30. The maximum absolute atomic E-state index is 12.9. The Kier molecular flexibility index (Phi) is 6.36. The fourth-order valence-electron chi connectivity index (χ4n) is 4.23. The lowest BCUT2D eigenvalue weighted by Crippen LogP contribution is -2.26. The van der Waals surface area contributed by atoms with Gasteiger partial charge in [-0.05, 0) is 72.6 Å². The summed E-state index contributed by atoms with van der Waals surface area (Å²) in [5.74, 6) is -0.377. The zero-order valence-corrected chi connectivity index (χ0v) is 19.4. The normalized spacial score (nSPS) is 13.2. The van der Waals surface area contributed by atoms with E-state index in [1.807, 2.05) is 30.3 Å². The number of nitrogens with zero attached hydrogens (tertiary/aromatic N) is 4. The summed E-state index contributed by atoms with van der Waals surface area (Å²) >= 11 is 0. The fourth-order valence-corrected chi connectivity index (χ4v) is 4.23. The second-order valence-corrected chi connectivity index (χ2v) is 8.73. The van der Waals surface area contributed by atoms with E-state index in [0.717, 1.165) is 36.4 Å². The molecule has 1 aliphatic rings. The van der Waals surface area contributed by atoms with Gasteiger partial charge in [-0.15, -0.1) is 10.2 Å². The van der Waals surface area contributed by atoms with Crippen LogP contribution in [0.3, 0.4) is 0 Å². The molecule has 0 radical (unpaired) electrons. The molecule has 0 spiro atoms. The highest BCUT2D eigenvalue weighted by molar-refractivity contribution is 6.04. The SMILES string of the molecule is CN1CCc2ccc(NC(=O)c3cccc(CNC(=O)c4cccc(-n5cnnc5)c4)c3)cc2C1. The Morgan fingerprint density at radius 2 is 1.66 bits per heavy atom. The largest absolute Gasteiger partial charge is 0.348 e. The Morgan fingerprint density at radius 3 is 2.49 bits per heavy atom. The lowest BCUT2D eigenvalue weighted by Gasteiger charge is -2.25. The minimum Gasteiger partial charge on any atom is -0.348 e. The first-order valence-corrected chi connectivity index (χ1v) is 11.5. The quantitative estimate of drug-likeness (QED) is 0.454. The molecule has 0 saturated carbocycles. The minimum absolute atomic E-state index is 0.177. The third-order valence-corrected chi connectivity index (χ3v) is 6.13. The average Bonchev–Trinajstić information content (AvgIpc) is 3.42. The van der Waals surface area contributed by atoms with Gasteiger partial charge in [-0.1, -0.05) is 24.3 Å². The molecule has 8 nitrogen and oxygen atoms in total. The first-order valence-electron chi connectivity index (χ1n) is 11.5. The van der Waals surface area contributed by atoms with Crippen LogP contribution >= 0.6 is 0 Å². The predicted molar refractivity (Wildman–Crippen MR) is 133 cm³/mol. The number of benzene rings is 3. The fraction of sp³-hybridized carbons (Fsp3) is 0.185. The van der Waals surface area contributed by atoms with E-state index in [1.54, 1.807) is 41.5 Å². The van der Waals surface area contributed by atoms with E-state index in [0.29, 0.717) is 17.7 Å². The Bertz CT molecular complexity index is 1370. The highest BCUT2D eigenvalue weighted by atomic mass is 16.2. The van der Waals surface area contributed by atoms with Gasteiger partial charge in [0.15, 0.2) is 0 Å². The van der Waals surface area contributed by atoms with Crippen molar-refractivity contribution in [1.29, 1.82) is 0 Å². The smallest absolute Gasteiger partial charge is 0.255 e. The summed E-state index contributed by atoms with van der Waals surface area (Å²) in [4.78, 5) is 27.9. The average molecular weight is 467 g/mol. The molecule has 2 amide bonds. The Balaban J connectivity index is 1.22. The molecule has 8 heteroatoms. The van der Waals surface area contributed by atoms with Gasteiger partial charge < -0.3 is 15.5 Å². The van der Waals surface area contributed by atoms with Gasteiger partial charge in [-0.3, -0.25) is 14.2 Å². The van der Waals surface area contributed by atoms with Crippen LogP contribution in [0.25, 0.3) is 5.69 Å². The highest BCUT2D eigenvalue weighted by Gasteiger charge is 2.15. The predicted octanol–water partition coefficient (Wildman–Crippen LogP) is 3.44. The molecule has 2 heterocycles. The van der Waals surface area contributed by atoms with Gasteiger partial charge in [-0.25, -0.2) is 0 Å². The van der Waals surface area contributed by atoms with Gasteiger partial charge in [0.2, 0.25) is 0 Å².